The van der Waals surface area contributed by atoms with E-state index in [-0.39, 0.29) is 5.97 Å². The highest BCUT2D eigenvalue weighted by Crippen LogP contribution is 2.16. The van der Waals surface area contributed by atoms with Crippen LogP contribution in [0.5, 0.6) is 0 Å². The normalized spacial score (nSPS) is 9.57. The summed E-state index contributed by atoms with van der Waals surface area (Å²) in [5.41, 5.74) is 1.81. The molecule has 0 spiro atoms. The van der Waals surface area contributed by atoms with Gasteiger partial charge in [-0.05, 0) is 11.1 Å². The topological polar surface area (TPSA) is 26.3 Å². The van der Waals surface area contributed by atoms with E-state index in [4.69, 9.17) is 16.3 Å². The molecule has 0 aliphatic carbocycles. The fourth-order valence-corrected chi connectivity index (χ4v) is 1.09. The molecule has 0 heterocycles. The van der Waals surface area contributed by atoms with Crippen molar-refractivity contribution < 1.29 is 9.53 Å². The van der Waals surface area contributed by atoms with Gasteiger partial charge >= 0.3 is 5.97 Å². The van der Waals surface area contributed by atoms with Crippen LogP contribution < -0.4 is 0 Å². The largest absolute Gasteiger partial charge is 0.461 e. The van der Waals surface area contributed by atoms with Gasteiger partial charge in [0.2, 0.25) is 0 Å². The molecule has 0 unspecified atom stereocenters. The van der Waals surface area contributed by atoms with Crippen molar-refractivity contribution in [1.82, 2.24) is 0 Å². The number of carbonyl (C=O) groups is 1. The molecule has 74 valence electrons. The van der Waals surface area contributed by atoms with Crippen LogP contribution in [0.25, 0.3) is 5.03 Å². The van der Waals surface area contributed by atoms with Gasteiger partial charge in [-0.1, -0.05) is 42.4 Å². The maximum Gasteiger partial charge on any atom is 0.302 e. The molecule has 1 rings (SSSR count). The molecule has 0 fully saturated rings. The summed E-state index contributed by atoms with van der Waals surface area (Å²) in [4.78, 5) is 10.5. The lowest BCUT2D eigenvalue weighted by Gasteiger charge is -2.03. The van der Waals surface area contributed by atoms with Gasteiger partial charge in [-0.15, -0.1) is 0 Å². The van der Waals surface area contributed by atoms with Crippen LogP contribution in [-0.2, 0) is 16.1 Å². The van der Waals surface area contributed by atoms with E-state index in [2.05, 4.69) is 6.58 Å². The second kappa shape index (κ2) is 4.82. The van der Waals surface area contributed by atoms with E-state index in [9.17, 15) is 4.79 Å². The van der Waals surface area contributed by atoms with Crippen molar-refractivity contribution in [1.29, 1.82) is 0 Å². The third-order valence-electron chi connectivity index (χ3n) is 1.71. The summed E-state index contributed by atoms with van der Waals surface area (Å²) < 4.78 is 4.83. The van der Waals surface area contributed by atoms with Crippen LogP contribution >= 0.6 is 11.6 Å². The third kappa shape index (κ3) is 3.23. The summed E-state index contributed by atoms with van der Waals surface area (Å²) in [7, 11) is 0. The molecule has 0 N–H and O–H groups in total. The van der Waals surface area contributed by atoms with Crippen LogP contribution in [0.4, 0.5) is 0 Å². The molecule has 1 aromatic rings. The minimum absolute atomic E-state index is 0.282. The predicted octanol–water partition coefficient (Wildman–Crippen LogP) is 2.96. The fourth-order valence-electron chi connectivity index (χ4n) is 0.967. The average Bonchev–Trinajstić information content (AvgIpc) is 2.15. The zero-order valence-electron chi connectivity index (χ0n) is 7.92. The Kier molecular flexibility index (Phi) is 3.72. The molecule has 2 nitrogen and oxygen atoms in total. The minimum Gasteiger partial charge on any atom is -0.461 e. The number of hydrogen-bond acceptors (Lipinski definition) is 2. The van der Waals surface area contributed by atoms with Crippen molar-refractivity contribution in [3.63, 3.8) is 0 Å². The summed E-state index contributed by atoms with van der Waals surface area (Å²) in [6.45, 7) is 5.29. The number of esters is 1. The van der Waals surface area contributed by atoms with Crippen molar-refractivity contribution in [3.05, 3.63) is 42.0 Å². The van der Waals surface area contributed by atoms with E-state index in [1.54, 1.807) is 0 Å². The van der Waals surface area contributed by atoms with Crippen LogP contribution in [0.2, 0.25) is 0 Å². The summed E-state index contributed by atoms with van der Waals surface area (Å²) >= 11 is 5.70. The van der Waals surface area contributed by atoms with Gasteiger partial charge in [0.25, 0.3) is 0 Å². The standard InChI is InChI=1S/C11H11ClO2/c1-8(12)11-5-3-10(4-6-11)7-14-9(2)13/h3-6H,1,7H2,2H3. The zero-order chi connectivity index (χ0) is 10.6. The van der Waals surface area contributed by atoms with Crippen LogP contribution in [0, 0.1) is 0 Å². The molecule has 0 aliphatic heterocycles. The van der Waals surface area contributed by atoms with Gasteiger partial charge < -0.3 is 4.74 Å². The highest BCUT2D eigenvalue weighted by Gasteiger charge is 1.98. The molecular weight excluding hydrogens is 200 g/mol. The van der Waals surface area contributed by atoms with Gasteiger partial charge in [-0.3, -0.25) is 4.79 Å². The molecule has 0 bridgehead atoms. The SMILES string of the molecule is C=C(Cl)c1ccc(COC(C)=O)cc1. The highest BCUT2D eigenvalue weighted by atomic mass is 35.5. The van der Waals surface area contributed by atoms with Crippen LogP contribution in [-0.4, -0.2) is 5.97 Å². The fraction of sp³-hybridized carbons (Fsp3) is 0.182. The van der Waals surface area contributed by atoms with Gasteiger partial charge in [0, 0.05) is 12.0 Å². The van der Waals surface area contributed by atoms with Crippen LogP contribution in [0.3, 0.4) is 0 Å². The lowest BCUT2D eigenvalue weighted by Crippen LogP contribution is -1.98. The molecule has 0 saturated heterocycles. The zero-order valence-corrected chi connectivity index (χ0v) is 8.67. The highest BCUT2D eigenvalue weighted by molar-refractivity contribution is 6.48. The van der Waals surface area contributed by atoms with Gasteiger partial charge in [0.1, 0.15) is 6.61 Å². The number of rotatable bonds is 3. The Hall–Kier alpha value is -1.28. The Morgan fingerprint density at radius 3 is 2.43 bits per heavy atom. The Bertz CT molecular complexity index is 341. The Balaban J connectivity index is 2.64. The monoisotopic (exact) mass is 210 g/mol. The quantitative estimate of drug-likeness (QED) is 0.717. The third-order valence-corrected chi connectivity index (χ3v) is 1.93. The van der Waals surface area contributed by atoms with Gasteiger partial charge in [-0.2, -0.15) is 0 Å². The summed E-state index contributed by atoms with van der Waals surface area (Å²) in [6, 6.07) is 7.39. The molecule has 0 atom stereocenters. The lowest BCUT2D eigenvalue weighted by molar-refractivity contribution is -0.142. The first-order chi connectivity index (χ1) is 6.59. The summed E-state index contributed by atoms with van der Waals surface area (Å²) in [5.74, 6) is -0.282. The van der Waals surface area contributed by atoms with Gasteiger partial charge in [-0.25, -0.2) is 0 Å². The van der Waals surface area contributed by atoms with Crippen molar-refractivity contribution in [2.45, 2.75) is 13.5 Å². The molecule has 0 aromatic heterocycles. The molecular formula is C11H11ClO2. The van der Waals surface area contributed by atoms with Crippen LogP contribution in [0.1, 0.15) is 18.1 Å². The number of carbonyl (C=O) groups excluding carboxylic acids is 1. The first-order valence-electron chi connectivity index (χ1n) is 4.16. The number of hydrogen-bond donors (Lipinski definition) is 0. The smallest absolute Gasteiger partial charge is 0.302 e. The predicted molar refractivity (Wildman–Crippen MR) is 56.8 cm³/mol. The maximum absolute atomic E-state index is 10.5. The Morgan fingerprint density at radius 1 is 1.43 bits per heavy atom. The van der Waals surface area contributed by atoms with Crippen molar-refractivity contribution >= 4 is 22.6 Å². The Morgan fingerprint density at radius 2 is 2.00 bits per heavy atom. The van der Waals surface area contributed by atoms with E-state index in [1.807, 2.05) is 24.3 Å². The summed E-state index contributed by atoms with van der Waals surface area (Å²) in [5, 5.41) is 0.504. The number of halogens is 1. The summed E-state index contributed by atoms with van der Waals surface area (Å²) in [6.07, 6.45) is 0. The molecule has 1 aromatic carbocycles. The number of benzene rings is 1. The van der Waals surface area contributed by atoms with E-state index < -0.39 is 0 Å². The van der Waals surface area contributed by atoms with E-state index in [1.165, 1.54) is 6.92 Å². The first kappa shape index (κ1) is 10.8. The second-order valence-corrected chi connectivity index (χ2v) is 3.34. The molecule has 0 aliphatic rings. The van der Waals surface area contributed by atoms with Crippen molar-refractivity contribution in [3.8, 4) is 0 Å². The number of ether oxygens (including phenoxy) is 1. The lowest BCUT2D eigenvalue weighted by atomic mass is 10.1. The molecule has 0 amide bonds. The molecule has 3 heteroatoms. The maximum atomic E-state index is 10.5. The molecule has 0 radical (unpaired) electrons. The minimum atomic E-state index is -0.282. The molecule has 0 saturated carbocycles. The van der Waals surface area contributed by atoms with E-state index in [0.717, 1.165) is 11.1 Å². The van der Waals surface area contributed by atoms with Crippen molar-refractivity contribution in [2.75, 3.05) is 0 Å². The van der Waals surface area contributed by atoms with Crippen LogP contribution in [0.15, 0.2) is 30.8 Å². The Labute approximate surface area is 88.1 Å². The average molecular weight is 211 g/mol. The van der Waals surface area contributed by atoms with E-state index in [0.29, 0.717) is 11.6 Å². The van der Waals surface area contributed by atoms with Gasteiger partial charge in [0.15, 0.2) is 0 Å². The first-order valence-corrected chi connectivity index (χ1v) is 4.54. The second-order valence-electron chi connectivity index (χ2n) is 2.88. The van der Waals surface area contributed by atoms with E-state index >= 15 is 0 Å². The van der Waals surface area contributed by atoms with Gasteiger partial charge in [0.05, 0.1) is 0 Å². The van der Waals surface area contributed by atoms with Crippen molar-refractivity contribution in [2.24, 2.45) is 0 Å². The molecule has 14 heavy (non-hydrogen) atoms.